The van der Waals surface area contributed by atoms with Crippen LogP contribution in [0.15, 0.2) is 22.8 Å². The first-order valence-electron chi connectivity index (χ1n) is 4.46. The zero-order valence-corrected chi connectivity index (χ0v) is 9.71. The summed E-state index contributed by atoms with van der Waals surface area (Å²) in [5, 5.41) is 5.45. The number of ether oxygens (including phenoxy) is 1. The molecule has 14 heavy (non-hydrogen) atoms. The van der Waals surface area contributed by atoms with Gasteiger partial charge >= 0.3 is 0 Å². The van der Waals surface area contributed by atoms with E-state index in [0.717, 1.165) is 27.8 Å². The van der Waals surface area contributed by atoms with Crippen LogP contribution in [-0.2, 0) is 6.54 Å². The SMILES string of the molecule is CCn1nc(Br)c2cc(OC)ccc21. The monoisotopic (exact) mass is 254 g/mol. The molecule has 0 saturated heterocycles. The lowest BCUT2D eigenvalue weighted by Crippen LogP contribution is -1.95. The van der Waals surface area contributed by atoms with E-state index in [1.54, 1.807) is 7.11 Å². The Labute approximate surface area is 90.8 Å². The summed E-state index contributed by atoms with van der Waals surface area (Å²) in [7, 11) is 1.67. The third kappa shape index (κ3) is 1.39. The van der Waals surface area contributed by atoms with Crippen LogP contribution in [0, 0.1) is 0 Å². The molecule has 0 spiro atoms. The Morgan fingerprint density at radius 3 is 2.93 bits per heavy atom. The van der Waals surface area contributed by atoms with Crippen LogP contribution in [0.25, 0.3) is 10.9 Å². The minimum absolute atomic E-state index is 0.855. The first-order chi connectivity index (χ1) is 6.76. The van der Waals surface area contributed by atoms with Crippen molar-refractivity contribution in [2.24, 2.45) is 0 Å². The predicted octanol–water partition coefficient (Wildman–Crippen LogP) is 2.83. The molecule has 74 valence electrons. The second kappa shape index (κ2) is 3.61. The molecule has 1 aromatic carbocycles. The summed E-state index contributed by atoms with van der Waals surface area (Å²) in [5.41, 5.74) is 1.13. The molecule has 2 aromatic rings. The number of hydrogen-bond donors (Lipinski definition) is 0. The van der Waals surface area contributed by atoms with Crippen LogP contribution < -0.4 is 4.74 Å². The molecule has 0 aliphatic heterocycles. The number of hydrogen-bond acceptors (Lipinski definition) is 2. The Morgan fingerprint density at radius 2 is 2.29 bits per heavy atom. The maximum absolute atomic E-state index is 5.16. The molecular formula is C10H11BrN2O. The highest BCUT2D eigenvalue weighted by atomic mass is 79.9. The van der Waals surface area contributed by atoms with Crippen molar-refractivity contribution in [3.63, 3.8) is 0 Å². The standard InChI is InChI=1S/C10H11BrN2O/c1-3-13-9-5-4-7(14-2)6-8(9)10(11)12-13/h4-6H,3H2,1-2H3. The van der Waals surface area contributed by atoms with Gasteiger partial charge in [0.1, 0.15) is 10.4 Å². The first-order valence-corrected chi connectivity index (χ1v) is 5.25. The average Bonchev–Trinajstić information content (AvgIpc) is 2.55. The number of fused-ring (bicyclic) bond motifs is 1. The smallest absolute Gasteiger partial charge is 0.136 e. The van der Waals surface area contributed by atoms with Crippen molar-refractivity contribution >= 4 is 26.8 Å². The summed E-state index contributed by atoms with van der Waals surface area (Å²) in [6, 6.07) is 5.95. The van der Waals surface area contributed by atoms with E-state index in [-0.39, 0.29) is 0 Å². The molecule has 4 heteroatoms. The molecule has 0 atom stereocenters. The van der Waals surface area contributed by atoms with Crippen molar-refractivity contribution in [2.45, 2.75) is 13.5 Å². The first kappa shape index (κ1) is 9.52. The van der Waals surface area contributed by atoms with Crippen molar-refractivity contribution < 1.29 is 4.74 Å². The second-order valence-electron chi connectivity index (χ2n) is 2.99. The summed E-state index contributed by atoms with van der Waals surface area (Å²) in [6.45, 7) is 2.94. The highest BCUT2D eigenvalue weighted by Crippen LogP contribution is 2.27. The molecule has 1 heterocycles. The highest BCUT2D eigenvalue weighted by Gasteiger charge is 2.07. The van der Waals surface area contributed by atoms with Gasteiger partial charge in [-0.05, 0) is 41.1 Å². The summed E-state index contributed by atoms with van der Waals surface area (Å²) in [4.78, 5) is 0. The Morgan fingerprint density at radius 1 is 1.50 bits per heavy atom. The minimum Gasteiger partial charge on any atom is -0.497 e. The fraction of sp³-hybridized carbons (Fsp3) is 0.300. The average molecular weight is 255 g/mol. The number of aryl methyl sites for hydroxylation is 1. The van der Waals surface area contributed by atoms with Gasteiger partial charge < -0.3 is 4.74 Å². The van der Waals surface area contributed by atoms with E-state index in [2.05, 4.69) is 28.0 Å². The van der Waals surface area contributed by atoms with Gasteiger partial charge in [0.05, 0.1) is 12.6 Å². The molecule has 1 aromatic heterocycles. The van der Waals surface area contributed by atoms with Crippen molar-refractivity contribution in [2.75, 3.05) is 7.11 Å². The van der Waals surface area contributed by atoms with Crippen LogP contribution in [0.5, 0.6) is 5.75 Å². The largest absolute Gasteiger partial charge is 0.497 e. The number of methoxy groups -OCH3 is 1. The number of halogens is 1. The molecule has 0 saturated carbocycles. The molecule has 0 aliphatic carbocycles. The molecule has 0 fully saturated rings. The lowest BCUT2D eigenvalue weighted by Gasteiger charge is -2.00. The number of benzene rings is 1. The Bertz CT molecular complexity index is 464. The van der Waals surface area contributed by atoms with Crippen LogP contribution in [0.4, 0.5) is 0 Å². The molecule has 3 nitrogen and oxygen atoms in total. The van der Waals surface area contributed by atoms with E-state index < -0.39 is 0 Å². The van der Waals surface area contributed by atoms with E-state index in [4.69, 9.17) is 4.74 Å². The van der Waals surface area contributed by atoms with Crippen LogP contribution in [-0.4, -0.2) is 16.9 Å². The van der Waals surface area contributed by atoms with Crippen LogP contribution in [0.2, 0.25) is 0 Å². The lowest BCUT2D eigenvalue weighted by molar-refractivity contribution is 0.415. The van der Waals surface area contributed by atoms with Gasteiger partial charge in [-0.25, -0.2) is 0 Å². The van der Waals surface area contributed by atoms with Crippen LogP contribution in [0.3, 0.4) is 0 Å². The normalized spacial score (nSPS) is 10.8. The van der Waals surface area contributed by atoms with E-state index in [1.165, 1.54) is 0 Å². The molecule has 2 rings (SSSR count). The highest BCUT2D eigenvalue weighted by molar-refractivity contribution is 9.10. The van der Waals surface area contributed by atoms with Gasteiger partial charge in [-0.2, -0.15) is 5.10 Å². The van der Waals surface area contributed by atoms with Crippen molar-refractivity contribution in [1.82, 2.24) is 9.78 Å². The van der Waals surface area contributed by atoms with Crippen molar-refractivity contribution in [3.8, 4) is 5.75 Å². The Hall–Kier alpha value is -1.03. The van der Waals surface area contributed by atoms with Crippen LogP contribution in [0.1, 0.15) is 6.92 Å². The van der Waals surface area contributed by atoms with Crippen molar-refractivity contribution in [1.29, 1.82) is 0 Å². The second-order valence-corrected chi connectivity index (χ2v) is 3.74. The third-order valence-electron chi connectivity index (χ3n) is 2.21. The molecule has 0 unspecified atom stereocenters. The summed E-state index contributed by atoms with van der Waals surface area (Å²) < 4.78 is 7.99. The number of rotatable bonds is 2. The van der Waals surface area contributed by atoms with Gasteiger partial charge in [0, 0.05) is 11.9 Å². The van der Waals surface area contributed by atoms with Gasteiger partial charge in [-0.1, -0.05) is 0 Å². The van der Waals surface area contributed by atoms with E-state index in [0.29, 0.717) is 0 Å². The van der Waals surface area contributed by atoms with Gasteiger partial charge in [0.2, 0.25) is 0 Å². The predicted molar refractivity (Wildman–Crippen MR) is 59.7 cm³/mol. The third-order valence-corrected chi connectivity index (χ3v) is 2.80. The topological polar surface area (TPSA) is 27.1 Å². The maximum atomic E-state index is 5.16. The quantitative estimate of drug-likeness (QED) is 0.825. The molecule has 0 N–H and O–H groups in total. The molecule has 0 radical (unpaired) electrons. The molecule has 0 aliphatic rings. The fourth-order valence-corrected chi connectivity index (χ4v) is 2.00. The summed E-state index contributed by atoms with van der Waals surface area (Å²) in [5.74, 6) is 0.855. The zero-order valence-electron chi connectivity index (χ0n) is 8.12. The van der Waals surface area contributed by atoms with Gasteiger partial charge in [-0.15, -0.1) is 0 Å². The fourth-order valence-electron chi connectivity index (χ4n) is 1.49. The Balaban J connectivity index is 2.70. The Kier molecular flexibility index (Phi) is 2.46. The molecular weight excluding hydrogens is 244 g/mol. The van der Waals surface area contributed by atoms with Crippen LogP contribution >= 0.6 is 15.9 Å². The summed E-state index contributed by atoms with van der Waals surface area (Å²) >= 11 is 3.43. The summed E-state index contributed by atoms with van der Waals surface area (Å²) in [6.07, 6.45) is 0. The molecule has 0 bridgehead atoms. The number of aromatic nitrogens is 2. The van der Waals surface area contributed by atoms with E-state index in [9.17, 15) is 0 Å². The van der Waals surface area contributed by atoms with Gasteiger partial charge in [0.25, 0.3) is 0 Å². The zero-order chi connectivity index (χ0) is 10.1. The lowest BCUT2D eigenvalue weighted by atomic mass is 10.2. The number of nitrogens with zero attached hydrogens (tertiary/aromatic N) is 2. The minimum atomic E-state index is 0.855. The van der Waals surface area contributed by atoms with E-state index >= 15 is 0 Å². The van der Waals surface area contributed by atoms with Gasteiger partial charge in [0.15, 0.2) is 0 Å². The molecule has 0 amide bonds. The van der Waals surface area contributed by atoms with E-state index in [1.807, 2.05) is 22.9 Å². The maximum Gasteiger partial charge on any atom is 0.136 e. The van der Waals surface area contributed by atoms with Gasteiger partial charge in [-0.3, -0.25) is 4.68 Å². The van der Waals surface area contributed by atoms with Crippen molar-refractivity contribution in [3.05, 3.63) is 22.8 Å².